The molecule has 7 unspecified atom stereocenters. The van der Waals surface area contributed by atoms with Crippen molar-refractivity contribution in [2.24, 2.45) is 0 Å². The van der Waals surface area contributed by atoms with E-state index < -0.39 is 49.5 Å². The van der Waals surface area contributed by atoms with E-state index in [1.807, 2.05) is 6.08 Å². The highest BCUT2D eigenvalue weighted by molar-refractivity contribution is 5.76. The van der Waals surface area contributed by atoms with Crippen molar-refractivity contribution in [2.75, 3.05) is 19.8 Å². The summed E-state index contributed by atoms with van der Waals surface area (Å²) in [6, 6.07) is -0.806. The minimum Gasteiger partial charge on any atom is -0.466 e. The van der Waals surface area contributed by atoms with Crippen LogP contribution < -0.4 is 5.32 Å². The summed E-state index contributed by atoms with van der Waals surface area (Å²) in [7, 11) is 0. The Balaban J connectivity index is 1.86. The summed E-state index contributed by atoms with van der Waals surface area (Å²) in [5.74, 6) is -0.167. The number of hydrogen-bond acceptors (Lipinski definition) is 10. The number of aliphatic hydroxyl groups excluding tert-OH is 5. The predicted octanol–water partition coefficient (Wildman–Crippen LogP) is 22.6. The van der Waals surface area contributed by atoms with E-state index in [1.54, 1.807) is 6.08 Å². The summed E-state index contributed by atoms with van der Waals surface area (Å²) in [5, 5.41) is 54.5. The number of esters is 1. The SMILES string of the molecule is CCCCC/C=C\C/C=C\CCCCCCCCCC(=O)OCCCCCCCCCCCCCCCCCCCC/C=C\CCCCCCCCCCCCCCCCCCCC(=O)NC(COC1OC(CO)C(O)C(O)C1O)C(O)/C=C/CCCCCCCCCCC. The van der Waals surface area contributed by atoms with E-state index in [4.69, 9.17) is 14.2 Å². The van der Waals surface area contributed by atoms with Crippen molar-refractivity contribution in [3.8, 4) is 0 Å². The molecule has 558 valence electrons. The van der Waals surface area contributed by atoms with Gasteiger partial charge in [-0.3, -0.25) is 9.59 Å². The highest BCUT2D eigenvalue weighted by Crippen LogP contribution is 2.24. The fourth-order valence-corrected chi connectivity index (χ4v) is 13.2. The molecule has 11 nitrogen and oxygen atoms in total. The Bertz CT molecular complexity index is 1720. The summed E-state index contributed by atoms with van der Waals surface area (Å²) in [6.45, 7) is 4.35. The fourth-order valence-electron chi connectivity index (χ4n) is 13.2. The van der Waals surface area contributed by atoms with Gasteiger partial charge in [0, 0.05) is 12.8 Å². The second-order valence-corrected chi connectivity index (χ2v) is 28.8. The van der Waals surface area contributed by atoms with Crippen LogP contribution in [0.3, 0.4) is 0 Å². The van der Waals surface area contributed by atoms with Crippen molar-refractivity contribution in [2.45, 2.75) is 455 Å². The molecular weight excluding hydrogens is 1180 g/mol. The van der Waals surface area contributed by atoms with Crippen LogP contribution in [0.15, 0.2) is 48.6 Å². The average Bonchev–Trinajstić information content (AvgIpc) is 0.846. The Morgan fingerprint density at radius 2 is 0.705 bits per heavy atom. The Hall–Kier alpha value is -2.38. The smallest absolute Gasteiger partial charge is 0.305 e. The van der Waals surface area contributed by atoms with Crippen LogP contribution in [0.5, 0.6) is 0 Å². The van der Waals surface area contributed by atoms with E-state index in [0.717, 1.165) is 64.2 Å². The number of hydrogen-bond donors (Lipinski definition) is 6. The maximum Gasteiger partial charge on any atom is 0.305 e. The summed E-state index contributed by atoms with van der Waals surface area (Å²) >= 11 is 0. The van der Waals surface area contributed by atoms with Crippen LogP contribution in [0.25, 0.3) is 0 Å². The Morgan fingerprint density at radius 1 is 0.389 bits per heavy atom. The number of aliphatic hydroxyl groups is 5. The molecule has 95 heavy (non-hydrogen) atoms. The quantitative estimate of drug-likeness (QED) is 0.0195. The molecule has 1 fully saturated rings. The first-order valence-corrected chi connectivity index (χ1v) is 41.4. The Labute approximate surface area is 586 Å². The van der Waals surface area contributed by atoms with Gasteiger partial charge >= 0.3 is 5.97 Å². The largest absolute Gasteiger partial charge is 0.466 e. The molecule has 1 aliphatic rings. The predicted molar refractivity (Wildman–Crippen MR) is 403 cm³/mol. The van der Waals surface area contributed by atoms with Gasteiger partial charge in [-0.2, -0.15) is 0 Å². The number of unbranched alkanes of at least 4 members (excludes halogenated alkanes) is 54. The summed E-state index contributed by atoms with van der Waals surface area (Å²) in [4.78, 5) is 25.2. The van der Waals surface area contributed by atoms with Crippen molar-refractivity contribution in [3.63, 3.8) is 0 Å². The Morgan fingerprint density at radius 3 is 1.09 bits per heavy atom. The minimum atomic E-state index is -1.57. The van der Waals surface area contributed by atoms with Gasteiger partial charge in [-0.05, 0) is 89.9 Å². The number of ether oxygens (including phenoxy) is 3. The van der Waals surface area contributed by atoms with Gasteiger partial charge < -0.3 is 45.1 Å². The van der Waals surface area contributed by atoms with E-state index in [1.165, 1.54) is 321 Å². The topological polar surface area (TPSA) is 175 Å². The van der Waals surface area contributed by atoms with Gasteiger partial charge in [0.15, 0.2) is 6.29 Å². The van der Waals surface area contributed by atoms with Gasteiger partial charge in [-0.25, -0.2) is 0 Å². The molecule has 0 bridgehead atoms. The first-order valence-electron chi connectivity index (χ1n) is 41.4. The van der Waals surface area contributed by atoms with Crippen molar-refractivity contribution >= 4 is 11.9 Å². The third-order valence-corrected chi connectivity index (χ3v) is 19.7. The number of allylic oxidation sites excluding steroid dienone is 7. The van der Waals surface area contributed by atoms with Crippen LogP contribution in [0.4, 0.5) is 0 Å². The molecule has 0 saturated carbocycles. The van der Waals surface area contributed by atoms with E-state index >= 15 is 0 Å². The number of amides is 1. The third-order valence-electron chi connectivity index (χ3n) is 19.7. The molecular formula is C84H157NO10. The second-order valence-electron chi connectivity index (χ2n) is 28.8. The summed E-state index contributed by atoms with van der Waals surface area (Å²) < 4.78 is 16.8. The number of carbonyl (C=O) groups excluding carboxylic acids is 2. The van der Waals surface area contributed by atoms with Gasteiger partial charge in [0.25, 0.3) is 0 Å². The van der Waals surface area contributed by atoms with Crippen molar-refractivity contribution in [3.05, 3.63) is 48.6 Å². The lowest BCUT2D eigenvalue weighted by Gasteiger charge is -2.40. The molecule has 0 aromatic rings. The highest BCUT2D eigenvalue weighted by atomic mass is 16.7. The normalized spacial score (nSPS) is 17.6. The molecule has 0 radical (unpaired) electrons. The van der Waals surface area contributed by atoms with Crippen LogP contribution in [0, 0.1) is 0 Å². The van der Waals surface area contributed by atoms with Crippen LogP contribution >= 0.6 is 0 Å². The van der Waals surface area contributed by atoms with Crippen LogP contribution in [0.2, 0.25) is 0 Å². The molecule has 1 rings (SSSR count). The zero-order valence-electron chi connectivity index (χ0n) is 62.4. The first-order chi connectivity index (χ1) is 46.7. The molecule has 11 heteroatoms. The molecule has 0 aromatic heterocycles. The van der Waals surface area contributed by atoms with Crippen LogP contribution in [0.1, 0.15) is 412 Å². The zero-order chi connectivity index (χ0) is 68.6. The van der Waals surface area contributed by atoms with Gasteiger partial charge in [0.05, 0.1) is 32.0 Å². The first kappa shape index (κ1) is 90.6. The second kappa shape index (κ2) is 72.9. The number of carbonyl (C=O) groups is 2. The Kier molecular flexibility index (Phi) is 69.5. The summed E-state index contributed by atoms with van der Waals surface area (Å²) in [5.41, 5.74) is 0. The maximum atomic E-state index is 13.1. The average molecular weight is 1340 g/mol. The van der Waals surface area contributed by atoms with E-state index in [0.29, 0.717) is 19.4 Å². The molecule has 0 aliphatic carbocycles. The molecule has 1 amide bonds. The van der Waals surface area contributed by atoms with Crippen molar-refractivity contribution < 1.29 is 49.3 Å². The van der Waals surface area contributed by atoms with Gasteiger partial charge in [-0.15, -0.1) is 0 Å². The minimum absolute atomic E-state index is 0.00939. The van der Waals surface area contributed by atoms with E-state index in [2.05, 4.69) is 55.6 Å². The molecule has 0 spiro atoms. The standard InChI is InChI=1S/C84H157NO10/c1-3-5-7-9-11-13-15-16-17-41-45-48-52-56-60-64-68-72-80(89)93-73-69-65-61-57-53-49-46-43-40-38-36-34-32-30-28-26-24-22-20-18-19-21-23-25-27-29-31-33-35-37-39-42-44-47-51-55-59-63-67-71-79(88)85-76(75-94-84-83(92)82(91)81(90)78(74-86)95-84)77(87)70-66-62-58-54-50-14-12-10-8-6-4-2/h11,13,16-19,66,70,76-78,81-84,86-87,90-92H,3-10,12,14-15,20-65,67-69,71-75H2,1-2H3,(H,85,88)/b13-11-,17-16-,19-18-,70-66+. The fraction of sp³-hybridized carbons (Fsp3) is 0.881. The van der Waals surface area contributed by atoms with Crippen LogP contribution in [-0.4, -0.2) is 100 Å². The van der Waals surface area contributed by atoms with E-state index in [-0.39, 0.29) is 18.5 Å². The van der Waals surface area contributed by atoms with Crippen molar-refractivity contribution in [1.29, 1.82) is 0 Å². The molecule has 7 atom stereocenters. The molecule has 6 N–H and O–H groups in total. The number of nitrogens with one attached hydrogen (secondary N) is 1. The summed E-state index contributed by atoms with van der Waals surface area (Å²) in [6.07, 6.45) is 87.3. The monoisotopic (exact) mass is 1340 g/mol. The van der Waals surface area contributed by atoms with Crippen LogP contribution in [-0.2, 0) is 23.8 Å². The molecule has 1 saturated heterocycles. The highest BCUT2D eigenvalue weighted by Gasteiger charge is 2.44. The lowest BCUT2D eigenvalue weighted by Crippen LogP contribution is -2.60. The lowest BCUT2D eigenvalue weighted by molar-refractivity contribution is -0.302. The van der Waals surface area contributed by atoms with Gasteiger partial charge in [0.1, 0.15) is 24.4 Å². The molecule has 1 heterocycles. The number of rotatable bonds is 74. The van der Waals surface area contributed by atoms with Gasteiger partial charge in [0.2, 0.25) is 5.91 Å². The molecule has 0 aromatic carbocycles. The maximum absolute atomic E-state index is 13.1. The van der Waals surface area contributed by atoms with E-state index in [9.17, 15) is 35.1 Å². The van der Waals surface area contributed by atoms with Gasteiger partial charge in [-0.1, -0.05) is 358 Å². The van der Waals surface area contributed by atoms with Crippen molar-refractivity contribution in [1.82, 2.24) is 5.32 Å². The molecule has 1 aliphatic heterocycles. The zero-order valence-corrected chi connectivity index (χ0v) is 62.4. The lowest BCUT2D eigenvalue weighted by atomic mass is 9.99. The third kappa shape index (κ3) is 61.2.